The van der Waals surface area contributed by atoms with E-state index < -0.39 is 11.8 Å². The molecule has 0 heterocycles. The first-order chi connectivity index (χ1) is 12.3. The summed E-state index contributed by atoms with van der Waals surface area (Å²) < 4.78 is 0. The number of nitrogen functional groups attached to an aromatic ring is 1. The molecule has 0 spiro atoms. The maximum Gasteiger partial charge on any atom is 0.277 e. The summed E-state index contributed by atoms with van der Waals surface area (Å²) in [5.74, 6) is -1.36. The normalized spacial score (nSPS) is 10.7. The Morgan fingerprint density at radius 3 is 2.46 bits per heavy atom. The third-order valence-electron chi connectivity index (χ3n) is 3.54. The van der Waals surface area contributed by atoms with E-state index in [1.54, 1.807) is 30.3 Å². The summed E-state index contributed by atoms with van der Waals surface area (Å²) in [7, 11) is 0. The first-order valence-corrected chi connectivity index (χ1v) is 7.70. The number of rotatable bonds is 4. The summed E-state index contributed by atoms with van der Waals surface area (Å²) in [4.78, 5) is 25.5. The van der Waals surface area contributed by atoms with Crippen LogP contribution >= 0.6 is 0 Å². The van der Waals surface area contributed by atoms with Crippen LogP contribution in [0.3, 0.4) is 0 Å². The molecule has 4 N–H and O–H groups in total. The molecule has 0 saturated carbocycles. The number of phenolic OH excluding ortho intramolecular Hbond substituents is 1. The number of benzene rings is 2. The van der Waals surface area contributed by atoms with Crippen LogP contribution in [-0.4, -0.2) is 16.9 Å². The number of nitrogens with zero attached hydrogens (tertiary/aromatic N) is 2. The molecule has 132 valence electrons. The van der Waals surface area contributed by atoms with Crippen LogP contribution in [0.25, 0.3) is 0 Å². The van der Waals surface area contributed by atoms with Crippen molar-refractivity contribution in [3.05, 3.63) is 59.8 Å². The number of nitrogens with two attached hydrogens (primary N) is 1. The fraction of sp³-hybridized carbons (Fsp3) is 0.105. The Bertz CT molecular complexity index is 911. The first kappa shape index (κ1) is 18.5. The molecular weight excluding hydrogens is 332 g/mol. The average molecular weight is 350 g/mol. The Morgan fingerprint density at radius 2 is 1.88 bits per heavy atom. The smallest absolute Gasteiger partial charge is 0.277 e. The number of hydrogen-bond acceptors (Lipinski definition) is 6. The highest BCUT2D eigenvalue weighted by molar-refractivity contribution is 6.21. The predicted molar refractivity (Wildman–Crippen MR) is 99.2 cm³/mol. The number of carbonyl (C=O) groups excluding carboxylic acids is 2. The number of imide groups is 1. The zero-order valence-corrected chi connectivity index (χ0v) is 14.4. The van der Waals surface area contributed by atoms with E-state index in [4.69, 9.17) is 5.73 Å². The van der Waals surface area contributed by atoms with Crippen molar-refractivity contribution in [1.29, 1.82) is 5.26 Å². The standard InChI is InChI=1S/C19H18N4O3/c1-12-3-8-18(25)17(9-12)22-11-14(10-20)19(26)23(13(2)24)16-6-4-15(21)5-7-16/h3-9,11,22,25H,21H2,1-2H3/b14-11-. The van der Waals surface area contributed by atoms with Crippen LogP contribution in [0.15, 0.2) is 54.2 Å². The van der Waals surface area contributed by atoms with Crippen LogP contribution in [0.5, 0.6) is 5.75 Å². The summed E-state index contributed by atoms with van der Waals surface area (Å²) in [6, 6.07) is 12.8. The quantitative estimate of drug-likeness (QED) is 0.337. The van der Waals surface area contributed by atoms with Crippen LogP contribution in [0.4, 0.5) is 17.1 Å². The molecule has 0 aliphatic carbocycles. The van der Waals surface area contributed by atoms with Crippen LogP contribution < -0.4 is 16.0 Å². The molecular formula is C19H18N4O3. The SMILES string of the molecule is CC(=O)N(C(=O)/C(C#N)=C\Nc1cc(C)ccc1O)c1ccc(N)cc1. The van der Waals surface area contributed by atoms with Crippen molar-refractivity contribution < 1.29 is 14.7 Å². The maximum atomic E-state index is 12.7. The lowest BCUT2D eigenvalue weighted by Crippen LogP contribution is -2.36. The fourth-order valence-electron chi connectivity index (χ4n) is 2.24. The van der Waals surface area contributed by atoms with Gasteiger partial charge < -0.3 is 16.2 Å². The molecule has 0 bridgehead atoms. The van der Waals surface area contributed by atoms with Gasteiger partial charge in [-0.25, -0.2) is 4.90 Å². The van der Waals surface area contributed by atoms with Gasteiger partial charge in [0, 0.05) is 18.8 Å². The van der Waals surface area contributed by atoms with Crippen molar-refractivity contribution >= 4 is 28.9 Å². The van der Waals surface area contributed by atoms with Gasteiger partial charge >= 0.3 is 0 Å². The van der Waals surface area contributed by atoms with Crippen molar-refractivity contribution in [1.82, 2.24) is 0 Å². The molecule has 2 aromatic rings. The van der Waals surface area contributed by atoms with Gasteiger partial charge in [-0.1, -0.05) is 6.07 Å². The Balaban J connectivity index is 2.33. The minimum atomic E-state index is -0.788. The molecule has 0 fully saturated rings. The summed E-state index contributed by atoms with van der Waals surface area (Å²) in [5, 5.41) is 21.9. The summed E-state index contributed by atoms with van der Waals surface area (Å²) in [6.07, 6.45) is 1.16. The second-order valence-corrected chi connectivity index (χ2v) is 5.59. The molecule has 0 atom stereocenters. The van der Waals surface area contributed by atoms with Gasteiger partial charge in [0.1, 0.15) is 17.4 Å². The van der Waals surface area contributed by atoms with E-state index in [0.717, 1.165) is 16.7 Å². The van der Waals surface area contributed by atoms with Crippen LogP contribution in [0.2, 0.25) is 0 Å². The minimum absolute atomic E-state index is 0.0291. The van der Waals surface area contributed by atoms with Crippen LogP contribution in [0, 0.1) is 18.3 Å². The maximum absolute atomic E-state index is 12.7. The number of aryl methyl sites for hydroxylation is 1. The predicted octanol–water partition coefficient (Wildman–Crippen LogP) is 2.68. The zero-order chi connectivity index (χ0) is 19.3. The molecule has 2 aromatic carbocycles. The lowest BCUT2D eigenvalue weighted by molar-refractivity contribution is -0.123. The van der Waals surface area contributed by atoms with Gasteiger partial charge in [0.15, 0.2) is 0 Å². The molecule has 0 aliphatic heterocycles. The van der Waals surface area contributed by atoms with Gasteiger partial charge in [-0.3, -0.25) is 9.59 Å². The molecule has 0 unspecified atom stereocenters. The number of phenols is 1. The Kier molecular flexibility index (Phi) is 5.60. The summed E-state index contributed by atoms with van der Waals surface area (Å²) >= 11 is 0. The second-order valence-electron chi connectivity index (χ2n) is 5.59. The average Bonchev–Trinajstić information content (AvgIpc) is 2.60. The van der Waals surface area contributed by atoms with E-state index in [1.807, 2.05) is 6.92 Å². The van der Waals surface area contributed by atoms with Crippen molar-refractivity contribution in [3.8, 4) is 11.8 Å². The van der Waals surface area contributed by atoms with E-state index in [0.29, 0.717) is 17.1 Å². The minimum Gasteiger partial charge on any atom is -0.506 e. The third kappa shape index (κ3) is 4.19. The van der Waals surface area contributed by atoms with Gasteiger partial charge in [-0.05, 0) is 48.9 Å². The van der Waals surface area contributed by atoms with Gasteiger partial charge in [-0.15, -0.1) is 0 Å². The molecule has 2 amide bonds. The van der Waals surface area contributed by atoms with E-state index in [-0.39, 0.29) is 11.3 Å². The molecule has 2 rings (SSSR count). The molecule has 7 nitrogen and oxygen atoms in total. The molecule has 0 saturated heterocycles. The molecule has 7 heteroatoms. The molecule has 0 radical (unpaired) electrons. The first-order valence-electron chi connectivity index (χ1n) is 7.70. The molecule has 0 aromatic heterocycles. The number of nitrogens with one attached hydrogen (secondary N) is 1. The van der Waals surface area contributed by atoms with Crippen molar-refractivity contribution in [2.45, 2.75) is 13.8 Å². The monoisotopic (exact) mass is 350 g/mol. The number of nitriles is 1. The largest absolute Gasteiger partial charge is 0.506 e. The Labute approximate surface area is 151 Å². The van der Waals surface area contributed by atoms with E-state index >= 15 is 0 Å². The van der Waals surface area contributed by atoms with Crippen molar-refractivity contribution in [2.75, 3.05) is 16.0 Å². The lowest BCUT2D eigenvalue weighted by atomic mass is 10.2. The second kappa shape index (κ2) is 7.85. The van der Waals surface area contributed by atoms with E-state index in [1.165, 1.54) is 25.1 Å². The van der Waals surface area contributed by atoms with Gasteiger partial charge in [-0.2, -0.15) is 5.26 Å². The van der Waals surface area contributed by atoms with Crippen LogP contribution in [-0.2, 0) is 9.59 Å². The van der Waals surface area contributed by atoms with Gasteiger partial charge in [0.2, 0.25) is 5.91 Å². The lowest BCUT2D eigenvalue weighted by Gasteiger charge is -2.19. The highest BCUT2D eigenvalue weighted by Crippen LogP contribution is 2.24. The van der Waals surface area contributed by atoms with Crippen LogP contribution in [0.1, 0.15) is 12.5 Å². The number of carbonyl (C=O) groups is 2. The number of aromatic hydroxyl groups is 1. The Morgan fingerprint density at radius 1 is 1.23 bits per heavy atom. The highest BCUT2D eigenvalue weighted by Gasteiger charge is 2.24. The highest BCUT2D eigenvalue weighted by atomic mass is 16.3. The third-order valence-corrected chi connectivity index (χ3v) is 3.54. The van der Waals surface area contributed by atoms with Crippen molar-refractivity contribution in [2.24, 2.45) is 0 Å². The molecule has 0 aliphatic rings. The fourth-order valence-corrected chi connectivity index (χ4v) is 2.24. The number of anilines is 3. The molecule has 26 heavy (non-hydrogen) atoms. The van der Waals surface area contributed by atoms with E-state index in [9.17, 15) is 20.0 Å². The van der Waals surface area contributed by atoms with Crippen molar-refractivity contribution in [3.63, 3.8) is 0 Å². The van der Waals surface area contributed by atoms with E-state index in [2.05, 4.69) is 5.32 Å². The topological polar surface area (TPSA) is 119 Å². The summed E-state index contributed by atoms with van der Waals surface area (Å²) in [5.41, 5.74) is 7.33. The zero-order valence-electron chi connectivity index (χ0n) is 14.4. The number of hydrogen-bond donors (Lipinski definition) is 3. The Hall–Kier alpha value is -3.79. The van der Waals surface area contributed by atoms with Gasteiger partial charge in [0.05, 0.1) is 11.4 Å². The summed E-state index contributed by atoms with van der Waals surface area (Å²) in [6.45, 7) is 3.06. The van der Waals surface area contributed by atoms with Gasteiger partial charge in [0.25, 0.3) is 5.91 Å². The number of amides is 2.